The maximum absolute atomic E-state index is 13.2. The number of carbonyl (C=O) groups excluding carboxylic acids is 2. The Kier molecular flexibility index (Phi) is 7.71. The van der Waals surface area contributed by atoms with E-state index in [9.17, 15) is 19.8 Å². The van der Waals surface area contributed by atoms with E-state index in [1.807, 2.05) is 48.5 Å². The lowest BCUT2D eigenvalue weighted by molar-refractivity contribution is 0.101. The van der Waals surface area contributed by atoms with E-state index >= 15 is 0 Å². The Labute approximate surface area is 253 Å². The number of aromatic hydroxyl groups is 2. The molecular weight excluding hydrogens is 552 g/mol. The molecule has 0 aliphatic heterocycles. The molecule has 0 aliphatic rings. The van der Waals surface area contributed by atoms with E-state index in [4.69, 9.17) is 0 Å². The van der Waals surface area contributed by atoms with Gasteiger partial charge in [0, 0.05) is 23.5 Å². The van der Waals surface area contributed by atoms with Crippen molar-refractivity contribution in [1.29, 1.82) is 0 Å². The van der Waals surface area contributed by atoms with Gasteiger partial charge in [0.05, 0.1) is 11.1 Å². The monoisotopic (exact) mass is 580 g/mol. The Bertz CT molecular complexity index is 1900. The molecule has 0 saturated carbocycles. The molecular formula is C36H28N4O4. The number of pyridine rings is 2. The molecule has 2 amide bonds. The minimum absolute atomic E-state index is 0.110. The first-order chi connectivity index (χ1) is 21.4. The third-order valence-electron chi connectivity index (χ3n) is 7.41. The van der Waals surface area contributed by atoms with Crippen molar-refractivity contribution in [2.45, 2.75) is 12.8 Å². The minimum Gasteiger partial charge on any atom is -0.507 e. The highest BCUT2D eigenvalue weighted by atomic mass is 16.3. The van der Waals surface area contributed by atoms with E-state index < -0.39 is 11.8 Å². The Morgan fingerprint density at radius 3 is 1.43 bits per heavy atom. The molecule has 0 radical (unpaired) electrons. The predicted molar refractivity (Wildman–Crippen MR) is 172 cm³/mol. The van der Waals surface area contributed by atoms with Gasteiger partial charge < -0.3 is 20.8 Å². The van der Waals surface area contributed by atoms with Crippen molar-refractivity contribution in [2.75, 3.05) is 10.6 Å². The van der Waals surface area contributed by atoms with E-state index in [1.54, 1.807) is 60.9 Å². The van der Waals surface area contributed by atoms with E-state index in [-0.39, 0.29) is 35.5 Å². The van der Waals surface area contributed by atoms with Crippen LogP contribution in [0.5, 0.6) is 11.5 Å². The molecule has 8 nitrogen and oxygen atoms in total. The molecule has 216 valence electrons. The molecule has 0 saturated heterocycles. The zero-order valence-electron chi connectivity index (χ0n) is 23.6. The molecule has 2 aromatic heterocycles. The summed E-state index contributed by atoms with van der Waals surface area (Å²) in [5.41, 5.74) is 1.95. The number of amides is 2. The SMILES string of the molecule is C=C(Cc1c(O)c(C(=O)Nc2ccccn2)cc2ccccc12)Cc1c(O)c(C(=O)Nc2ccccn2)cc2ccccc12. The smallest absolute Gasteiger partial charge is 0.260 e. The summed E-state index contributed by atoms with van der Waals surface area (Å²) in [6.07, 6.45) is 3.58. The minimum atomic E-state index is -0.492. The zero-order valence-corrected chi connectivity index (χ0v) is 23.6. The van der Waals surface area contributed by atoms with Crippen molar-refractivity contribution in [3.8, 4) is 11.5 Å². The van der Waals surface area contributed by atoms with Crippen LogP contribution in [0.4, 0.5) is 11.6 Å². The number of anilines is 2. The van der Waals surface area contributed by atoms with E-state index in [2.05, 4.69) is 27.2 Å². The molecule has 4 aromatic carbocycles. The van der Waals surface area contributed by atoms with Crippen LogP contribution < -0.4 is 10.6 Å². The lowest BCUT2D eigenvalue weighted by atomic mass is 9.90. The maximum Gasteiger partial charge on any atom is 0.260 e. The number of nitrogens with one attached hydrogen (secondary N) is 2. The first kappa shape index (κ1) is 28.1. The van der Waals surface area contributed by atoms with Gasteiger partial charge in [0.15, 0.2) is 0 Å². The van der Waals surface area contributed by atoms with Crippen LogP contribution in [-0.4, -0.2) is 32.0 Å². The highest BCUT2D eigenvalue weighted by molar-refractivity contribution is 6.10. The van der Waals surface area contributed by atoms with Gasteiger partial charge in [0.25, 0.3) is 11.8 Å². The summed E-state index contributed by atoms with van der Waals surface area (Å²) in [5.74, 6) is -0.564. The van der Waals surface area contributed by atoms with Crippen LogP contribution in [0, 0.1) is 0 Å². The molecule has 4 N–H and O–H groups in total. The van der Waals surface area contributed by atoms with Crippen LogP contribution in [0.3, 0.4) is 0 Å². The molecule has 44 heavy (non-hydrogen) atoms. The third-order valence-corrected chi connectivity index (χ3v) is 7.41. The summed E-state index contributed by atoms with van der Waals surface area (Å²) in [6, 6.07) is 28.6. The Balaban J connectivity index is 1.34. The van der Waals surface area contributed by atoms with Gasteiger partial charge in [-0.1, -0.05) is 72.8 Å². The van der Waals surface area contributed by atoms with Crippen molar-refractivity contribution < 1.29 is 19.8 Å². The van der Waals surface area contributed by atoms with Crippen LogP contribution in [0.1, 0.15) is 31.8 Å². The zero-order chi connectivity index (χ0) is 30.6. The normalized spacial score (nSPS) is 10.9. The Morgan fingerprint density at radius 1 is 0.614 bits per heavy atom. The van der Waals surface area contributed by atoms with Gasteiger partial charge in [0.1, 0.15) is 23.1 Å². The fourth-order valence-corrected chi connectivity index (χ4v) is 5.33. The third kappa shape index (κ3) is 5.69. The van der Waals surface area contributed by atoms with Crippen molar-refractivity contribution >= 4 is 45.0 Å². The van der Waals surface area contributed by atoms with Gasteiger partial charge >= 0.3 is 0 Å². The number of nitrogens with zero attached hydrogens (tertiary/aromatic N) is 2. The first-order valence-electron chi connectivity index (χ1n) is 14.0. The van der Waals surface area contributed by atoms with Crippen LogP contribution in [0.25, 0.3) is 21.5 Å². The van der Waals surface area contributed by atoms with Crippen molar-refractivity contribution in [2.24, 2.45) is 0 Å². The number of hydrogen-bond donors (Lipinski definition) is 4. The number of allylic oxidation sites excluding steroid dienone is 1. The summed E-state index contributed by atoms with van der Waals surface area (Å²) < 4.78 is 0. The van der Waals surface area contributed by atoms with Crippen LogP contribution in [-0.2, 0) is 12.8 Å². The van der Waals surface area contributed by atoms with E-state index in [0.29, 0.717) is 28.3 Å². The second-order valence-corrected chi connectivity index (χ2v) is 10.4. The van der Waals surface area contributed by atoms with Gasteiger partial charge in [0.2, 0.25) is 0 Å². The molecule has 6 rings (SSSR count). The Morgan fingerprint density at radius 2 is 1.02 bits per heavy atom. The number of hydrogen-bond acceptors (Lipinski definition) is 6. The van der Waals surface area contributed by atoms with Gasteiger partial charge in [-0.05, 0) is 70.8 Å². The van der Waals surface area contributed by atoms with Gasteiger partial charge in [-0.15, -0.1) is 0 Å². The van der Waals surface area contributed by atoms with Crippen LogP contribution in [0.15, 0.2) is 122 Å². The molecule has 0 atom stereocenters. The number of rotatable bonds is 8. The number of benzene rings is 4. The summed E-state index contributed by atoms with van der Waals surface area (Å²) in [5, 5.41) is 31.4. The highest BCUT2D eigenvalue weighted by Crippen LogP contribution is 2.37. The van der Waals surface area contributed by atoms with Crippen molar-refractivity contribution in [3.05, 3.63) is 144 Å². The molecule has 0 fully saturated rings. The molecule has 2 heterocycles. The fraction of sp³-hybridized carbons (Fsp3) is 0.0556. The average Bonchev–Trinajstić information content (AvgIpc) is 3.04. The summed E-state index contributed by atoms with van der Waals surface area (Å²) in [4.78, 5) is 34.7. The topological polar surface area (TPSA) is 124 Å². The standard InChI is InChI=1S/C36H28N4O4/c1-22(18-27-25-12-4-2-10-23(25)20-29(33(27)41)35(43)39-31-14-6-8-16-37-31)19-28-26-13-5-3-11-24(26)21-30(34(28)42)36(44)40-32-15-7-9-17-38-32/h2-17,20-21,41-42H,1,18-19H2,(H,37,39,43)(H,38,40,44). The summed E-state index contributed by atoms with van der Waals surface area (Å²) in [7, 11) is 0. The van der Waals surface area contributed by atoms with Crippen LogP contribution >= 0.6 is 0 Å². The number of fused-ring (bicyclic) bond motifs is 2. The molecule has 8 heteroatoms. The second-order valence-electron chi connectivity index (χ2n) is 10.4. The van der Waals surface area contributed by atoms with E-state index in [1.165, 1.54) is 0 Å². The van der Waals surface area contributed by atoms with Crippen molar-refractivity contribution in [1.82, 2.24) is 9.97 Å². The summed E-state index contributed by atoms with van der Waals surface area (Å²) in [6.45, 7) is 4.28. The van der Waals surface area contributed by atoms with Gasteiger partial charge in [-0.2, -0.15) is 0 Å². The second kappa shape index (κ2) is 12.1. The molecule has 0 spiro atoms. The molecule has 0 unspecified atom stereocenters. The number of carbonyl (C=O) groups is 2. The maximum atomic E-state index is 13.2. The van der Waals surface area contributed by atoms with Crippen molar-refractivity contribution in [3.63, 3.8) is 0 Å². The van der Waals surface area contributed by atoms with Gasteiger partial charge in [-0.25, -0.2) is 9.97 Å². The van der Waals surface area contributed by atoms with Gasteiger partial charge in [-0.3, -0.25) is 9.59 Å². The quantitative estimate of drug-likeness (QED) is 0.143. The summed E-state index contributed by atoms with van der Waals surface area (Å²) >= 11 is 0. The fourth-order valence-electron chi connectivity index (χ4n) is 5.33. The largest absolute Gasteiger partial charge is 0.507 e. The first-order valence-corrected chi connectivity index (χ1v) is 14.0. The van der Waals surface area contributed by atoms with E-state index in [0.717, 1.165) is 21.5 Å². The lowest BCUT2D eigenvalue weighted by Gasteiger charge is -2.17. The number of aromatic nitrogens is 2. The average molecular weight is 581 g/mol. The Hall–Kier alpha value is -6.02. The molecule has 6 aromatic rings. The lowest BCUT2D eigenvalue weighted by Crippen LogP contribution is -2.14. The molecule has 0 aliphatic carbocycles. The predicted octanol–water partition coefficient (Wildman–Crippen LogP) is 7.04. The number of phenols is 2. The van der Waals surface area contributed by atoms with Crippen LogP contribution in [0.2, 0.25) is 0 Å². The number of phenolic OH excluding ortho intramolecular Hbond substituents is 2. The highest BCUT2D eigenvalue weighted by Gasteiger charge is 2.22. The molecule has 0 bridgehead atoms.